The van der Waals surface area contributed by atoms with Crippen LogP contribution < -0.4 is 15.0 Å². The summed E-state index contributed by atoms with van der Waals surface area (Å²) in [6.45, 7) is 2.46. The number of anilines is 2. The number of piperidine rings is 1. The van der Waals surface area contributed by atoms with Crippen molar-refractivity contribution in [3.05, 3.63) is 41.2 Å². The Balaban J connectivity index is 1.30. The van der Waals surface area contributed by atoms with Gasteiger partial charge < -0.3 is 19.5 Å². The van der Waals surface area contributed by atoms with Crippen LogP contribution in [0.5, 0.6) is 5.75 Å². The Morgan fingerprint density at radius 2 is 1.91 bits per heavy atom. The van der Waals surface area contributed by atoms with Crippen LogP contribution in [0.2, 0.25) is 0 Å². The van der Waals surface area contributed by atoms with Crippen LogP contribution >= 0.6 is 0 Å². The van der Waals surface area contributed by atoms with Gasteiger partial charge in [-0.25, -0.2) is 18.7 Å². The first-order chi connectivity index (χ1) is 16.4. The van der Waals surface area contributed by atoms with Crippen LogP contribution in [0, 0.1) is 11.6 Å². The number of aromatic nitrogens is 2. The van der Waals surface area contributed by atoms with Gasteiger partial charge in [0.25, 0.3) is 0 Å². The molecule has 1 unspecified atom stereocenters. The Morgan fingerprint density at radius 1 is 1.12 bits per heavy atom. The normalized spacial score (nSPS) is 20.5. The van der Waals surface area contributed by atoms with Crippen molar-refractivity contribution in [3.63, 3.8) is 0 Å². The Morgan fingerprint density at radius 3 is 2.59 bits per heavy atom. The molecule has 8 nitrogen and oxygen atoms in total. The van der Waals surface area contributed by atoms with Gasteiger partial charge in [0.2, 0.25) is 0 Å². The number of nitrogens with zero attached hydrogens (tertiary/aromatic N) is 4. The average molecular weight is 493 g/mol. The fourth-order valence-corrected chi connectivity index (χ4v) is 5.15. The van der Waals surface area contributed by atoms with Crippen molar-refractivity contribution < 1.29 is 22.3 Å². The van der Waals surface area contributed by atoms with Crippen molar-refractivity contribution >= 4 is 22.7 Å². The fraction of sp³-hybridized carbons (Fsp3) is 0.565. The van der Waals surface area contributed by atoms with Crippen LogP contribution in [-0.2, 0) is 24.0 Å². The molecule has 1 aromatic carbocycles. The van der Waals surface area contributed by atoms with Gasteiger partial charge in [0.05, 0.1) is 17.3 Å². The lowest BCUT2D eigenvalue weighted by Gasteiger charge is -2.36. The number of hydrogen-bond acceptors (Lipinski definition) is 8. The molecular weight excluding hydrogens is 464 g/mol. The van der Waals surface area contributed by atoms with Crippen LogP contribution in [0.1, 0.15) is 43.5 Å². The van der Waals surface area contributed by atoms with E-state index in [9.17, 15) is 17.5 Å². The van der Waals surface area contributed by atoms with Crippen molar-refractivity contribution in [2.45, 2.75) is 57.2 Å². The van der Waals surface area contributed by atoms with E-state index in [-0.39, 0.29) is 17.7 Å². The van der Waals surface area contributed by atoms with Crippen LogP contribution in [0.15, 0.2) is 18.2 Å². The summed E-state index contributed by atoms with van der Waals surface area (Å²) in [7, 11) is 0. The maximum Gasteiger partial charge on any atom is 0.172 e. The van der Waals surface area contributed by atoms with Gasteiger partial charge >= 0.3 is 0 Å². The Kier molecular flexibility index (Phi) is 6.94. The van der Waals surface area contributed by atoms with Gasteiger partial charge in [0, 0.05) is 57.5 Å². The van der Waals surface area contributed by atoms with Gasteiger partial charge in [-0.05, 0) is 42.5 Å². The minimum Gasteiger partial charge on any atom is -0.771 e. The summed E-state index contributed by atoms with van der Waals surface area (Å²) in [5.74, 6) is 0.322. The summed E-state index contributed by atoms with van der Waals surface area (Å²) in [5, 5.41) is 3.54. The highest BCUT2D eigenvalue weighted by Crippen LogP contribution is 2.32. The molecule has 1 saturated carbocycles. The number of ether oxygens (including phenoxy) is 1. The van der Waals surface area contributed by atoms with E-state index in [2.05, 4.69) is 10.2 Å². The van der Waals surface area contributed by atoms with E-state index in [1.165, 1.54) is 18.6 Å². The third-order valence-corrected chi connectivity index (χ3v) is 7.31. The van der Waals surface area contributed by atoms with Gasteiger partial charge in [-0.15, -0.1) is 0 Å². The highest BCUT2D eigenvalue weighted by Gasteiger charge is 2.29. The van der Waals surface area contributed by atoms with Crippen molar-refractivity contribution in [1.82, 2.24) is 14.9 Å². The van der Waals surface area contributed by atoms with E-state index in [1.54, 1.807) is 0 Å². The molecule has 5 rings (SSSR count). The minimum atomic E-state index is -2.13. The summed E-state index contributed by atoms with van der Waals surface area (Å²) >= 11 is -2.13. The molecular formula is C23H28F2N5O3S-. The SMILES string of the molecule is O=S([O-])CN1CCc2nc(N3CCC(Oc4ccc(F)cc4F)CC3)c(NC3CCC3)nc2C1. The van der Waals surface area contributed by atoms with E-state index in [0.717, 1.165) is 41.9 Å². The molecule has 3 aliphatic rings. The van der Waals surface area contributed by atoms with Crippen LogP contribution in [0.3, 0.4) is 0 Å². The first-order valence-electron chi connectivity index (χ1n) is 11.8. The first kappa shape index (κ1) is 23.4. The molecule has 1 aliphatic carbocycles. The zero-order valence-electron chi connectivity index (χ0n) is 18.8. The number of fused-ring (bicyclic) bond motifs is 1. The van der Waals surface area contributed by atoms with E-state index in [1.807, 2.05) is 4.90 Å². The summed E-state index contributed by atoms with van der Waals surface area (Å²) in [5.41, 5.74) is 1.74. The number of hydrogen-bond donors (Lipinski definition) is 1. The second-order valence-electron chi connectivity index (χ2n) is 9.18. The van der Waals surface area contributed by atoms with E-state index >= 15 is 0 Å². The third-order valence-electron chi connectivity index (χ3n) is 6.73. The first-order valence-corrected chi connectivity index (χ1v) is 13.0. The minimum absolute atomic E-state index is 0.00355. The molecule has 2 aliphatic heterocycles. The summed E-state index contributed by atoms with van der Waals surface area (Å²) in [6, 6.07) is 3.74. The lowest BCUT2D eigenvalue weighted by atomic mass is 9.93. The zero-order chi connectivity index (χ0) is 23.7. The molecule has 2 aromatic rings. The lowest BCUT2D eigenvalue weighted by Crippen LogP contribution is -2.41. The molecule has 184 valence electrons. The lowest BCUT2D eigenvalue weighted by molar-refractivity contribution is 0.163. The summed E-state index contributed by atoms with van der Waals surface area (Å²) < 4.78 is 55.2. The largest absolute Gasteiger partial charge is 0.771 e. The summed E-state index contributed by atoms with van der Waals surface area (Å²) in [4.78, 5) is 13.9. The van der Waals surface area contributed by atoms with Crippen molar-refractivity contribution in [2.24, 2.45) is 0 Å². The number of halogens is 2. The van der Waals surface area contributed by atoms with E-state index in [4.69, 9.17) is 14.7 Å². The molecule has 3 heterocycles. The molecule has 2 fully saturated rings. The van der Waals surface area contributed by atoms with Gasteiger partial charge in [0.15, 0.2) is 23.2 Å². The van der Waals surface area contributed by atoms with Gasteiger partial charge in [0.1, 0.15) is 11.9 Å². The Hall–Kier alpha value is -2.37. The molecule has 0 amide bonds. The zero-order valence-corrected chi connectivity index (χ0v) is 19.7. The molecule has 0 spiro atoms. The molecule has 1 aromatic heterocycles. The Bertz CT molecular complexity index is 1060. The van der Waals surface area contributed by atoms with Crippen molar-refractivity contribution in [1.29, 1.82) is 0 Å². The highest BCUT2D eigenvalue weighted by atomic mass is 32.2. The van der Waals surface area contributed by atoms with Gasteiger partial charge in [-0.2, -0.15) is 0 Å². The average Bonchev–Trinajstić information content (AvgIpc) is 2.78. The maximum absolute atomic E-state index is 14.0. The van der Waals surface area contributed by atoms with E-state index in [0.29, 0.717) is 51.5 Å². The molecule has 1 saturated heterocycles. The number of nitrogens with one attached hydrogen (secondary N) is 1. The second kappa shape index (κ2) is 10.1. The fourth-order valence-electron chi connectivity index (χ4n) is 4.63. The summed E-state index contributed by atoms with van der Waals surface area (Å²) in [6.07, 6.45) is 5.24. The number of benzene rings is 1. The quantitative estimate of drug-likeness (QED) is 0.590. The highest BCUT2D eigenvalue weighted by molar-refractivity contribution is 7.79. The molecule has 11 heteroatoms. The third kappa shape index (κ3) is 5.31. The van der Waals surface area contributed by atoms with Crippen LogP contribution in [-0.4, -0.2) is 61.3 Å². The predicted octanol–water partition coefficient (Wildman–Crippen LogP) is 2.96. The molecule has 0 bridgehead atoms. The molecule has 1 N–H and O–H groups in total. The Labute approximate surface area is 200 Å². The van der Waals surface area contributed by atoms with Crippen molar-refractivity contribution in [3.8, 4) is 5.75 Å². The monoisotopic (exact) mass is 492 g/mol. The predicted molar refractivity (Wildman–Crippen MR) is 123 cm³/mol. The smallest absolute Gasteiger partial charge is 0.172 e. The van der Waals surface area contributed by atoms with E-state index < -0.39 is 22.7 Å². The second-order valence-corrected chi connectivity index (χ2v) is 10.0. The molecule has 1 atom stereocenters. The number of rotatable bonds is 7. The van der Waals surface area contributed by atoms with Gasteiger partial charge in [-0.3, -0.25) is 9.11 Å². The maximum atomic E-state index is 14.0. The molecule has 0 radical (unpaired) electrons. The molecule has 34 heavy (non-hydrogen) atoms. The van der Waals surface area contributed by atoms with Crippen LogP contribution in [0.25, 0.3) is 0 Å². The topological polar surface area (TPSA) is 93.7 Å². The van der Waals surface area contributed by atoms with Crippen molar-refractivity contribution in [2.75, 3.05) is 35.7 Å². The standard InChI is InChI=1S/C23H29F2N5O3S/c24-15-4-5-21(18(25)12-15)33-17-6-10-30(11-7-17)23-22(26-16-2-1-3-16)27-20-13-29(14-34(31)32)9-8-19(20)28-23/h4-5,12,16-17H,1-3,6-11,13-14H2,(H,26,27)(H,31,32)/p-1. The van der Waals surface area contributed by atoms with Gasteiger partial charge in [-0.1, -0.05) is 0 Å². The van der Waals surface area contributed by atoms with Crippen LogP contribution in [0.4, 0.5) is 20.4 Å².